The second kappa shape index (κ2) is 3.74. The zero-order valence-electron chi connectivity index (χ0n) is 11.1. The predicted octanol–water partition coefficient (Wildman–Crippen LogP) is 3.00. The van der Waals surface area contributed by atoms with Crippen LogP contribution >= 0.6 is 11.3 Å². The SMILES string of the molecule is O=C1[C@H]2[C@@H]3C=C[C@@H](C3)N2C(=O)N1c1csc2ccccc12. The smallest absolute Gasteiger partial charge is 0.305 e. The molecule has 2 saturated heterocycles. The quantitative estimate of drug-likeness (QED) is 0.599. The first-order valence-corrected chi connectivity index (χ1v) is 7.94. The minimum Gasteiger partial charge on any atom is -0.305 e. The third kappa shape index (κ3) is 1.30. The molecule has 3 aliphatic rings. The maximum atomic E-state index is 12.8. The van der Waals surface area contributed by atoms with Gasteiger partial charge in [0.05, 0.1) is 11.7 Å². The van der Waals surface area contributed by atoms with Gasteiger partial charge in [-0.1, -0.05) is 30.4 Å². The average molecular weight is 296 g/mol. The Bertz CT molecular complexity index is 795. The first kappa shape index (κ1) is 11.5. The molecule has 2 bridgehead atoms. The lowest BCUT2D eigenvalue weighted by molar-refractivity contribution is -0.119. The van der Waals surface area contributed by atoms with Gasteiger partial charge < -0.3 is 4.90 Å². The molecular weight excluding hydrogens is 284 g/mol. The van der Waals surface area contributed by atoms with Gasteiger partial charge in [-0.3, -0.25) is 4.79 Å². The standard InChI is InChI=1S/C16H12N2O2S/c19-15-14-9-5-6-10(7-9)17(14)16(20)18(15)12-8-21-13-4-2-1-3-11(12)13/h1-6,8-10,14H,7H2/t9-,10+,14-/m1/s1. The second-order valence-corrected chi connectivity index (χ2v) is 6.69. The minimum atomic E-state index is -0.286. The highest BCUT2D eigenvalue weighted by Crippen LogP contribution is 2.45. The number of anilines is 1. The number of urea groups is 1. The lowest BCUT2D eigenvalue weighted by Crippen LogP contribution is -2.38. The van der Waals surface area contributed by atoms with Crippen LogP contribution in [-0.4, -0.2) is 28.9 Å². The molecule has 5 heteroatoms. The summed E-state index contributed by atoms with van der Waals surface area (Å²) in [6.45, 7) is 0. The summed E-state index contributed by atoms with van der Waals surface area (Å²) in [5.41, 5.74) is 0.736. The fourth-order valence-electron chi connectivity index (χ4n) is 3.82. The van der Waals surface area contributed by atoms with Crippen molar-refractivity contribution in [1.82, 2.24) is 4.90 Å². The van der Waals surface area contributed by atoms with Gasteiger partial charge in [0.15, 0.2) is 0 Å². The Hall–Kier alpha value is -2.14. The lowest BCUT2D eigenvalue weighted by Gasteiger charge is -2.22. The predicted molar refractivity (Wildman–Crippen MR) is 81.4 cm³/mol. The summed E-state index contributed by atoms with van der Waals surface area (Å²) in [5, 5.41) is 2.89. The number of hydrogen-bond donors (Lipinski definition) is 0. The maximum absolute atomic E-state index is 12.8. The Morgan fingerprint density at radius 3 is 2.86 bits per heavy atom. The molecule has 0 spiro atoms. The van der Waals surface area contributed by atoms with Crippen LogP contribution in [0.15, 0.2) is 41.8 Å². The van der Waals surface area contributed by atoms with Crippen molar-refractivity contribution < 1.29 is 9.59 Å². The molecule has 1 aliphatic carbocycles. The van der Waals surface area contributed by atoms with Crippen molar-refractivity contribution in [3.05, 3.63) is 41.8 Å². The van der Waals surface area contributed by atoms with E-state index in [0.29, 0.717) is 0 Å². The molecule has 104 valence electrons. The van der Waals surface area contributed by atoms with Gasteiger partial charge in [0.25, 0.3) is 5.91 Å². The van der Waals surface area contributed by atoms with E-state index in [4.69, 9.17) is 0 Å². The normalized spacial score (nSPS) is 30.0. The Kier molecular flexibility index (Phi) is 2.05. The minimum absolute atomic E-state index is 0.0691. The van der Waals surface area contributed by atoms with Crippen LogP contribution in [0.4, 0.5) is 10.5 Å². The number of nitrogens with zero attached hydrogens (tertiary/aromatic N) is 2. The van der Waals surface area contributed by atoms with Crippen molar-refractivity contribution in [1.29, 1.82) is 0 Å². The van der Waals surface area contributed by atoms with E-state index in [1.807, 2.05) is 29.6 Å². The van der Waals surface area contributed by atoms with Gasteiger partial charge in [-0.05, 0) is 12.5 Å². The van der Waals surface area contributed by atoms with E-state index in [0.717, 1.165) is 22.2 Å². The summed E-state index contributed by atoms with van der Waals surface area (Å²) in [4.78, 5) is 28.6. The van der Waals surface area contributed by atoms with Crippen LogP contribution in [0.3, 0.4) is 0 Å². The van der Waals surface area contributed by atoms with Crippen molar-refractivity contribution in [3.63, 3.8) is 0 Å². The van der Waals surface area contributed by atoms with Gasteiger partial charge in [0.2, 0.25) is 0 Å². The number of benzene rings is 1. The molecule has 0 N–H and O–H groups in total. The fourth-order valence-corrected chi connectivity index (χ4v) is 4.75. The maximum Gasteiger partial charge on any atom is 0.332 e. The highest BCUT2D eigenvalue weighted by Gasteiger charge is 2.57. The molecule has 0 unspecified atom stereocenters. The topological polar surface area (TPSA) is 40.6 Å². The molecule has 2 aromatic rings. The van der Waals surface area contributed by atoms with E-state index in [9.17, 15) is 9.59 Å². The highest BCUT2D eigenvalue weighted by molar-refractivity contribution is 7.17. The molecule has 2 aliphatic heterocycles. The zero-order chi connectivity index (χ0) is 14.1. The van der Waals surface area contributed by atoms with Crippen LogP contribution in [0.25, 0.3) is 10.1 Å². The van der Waals surface area contributed by atoms with Crippen molar-refractivity contribution in [2.75, 3.05) is 4.90 Å². The summed E-state index contributed by atoms with van der Waals surface area (Å²) >= 11 is 1.57. The molecule has 3 amide bonds. The lowest BCUT2D eigenvalue weighted by atomic mass is 10.0. The summed E-state index contributed by atoms with van der Waals surface area (Å²) in [6, 6.07) is 7.55. The Labute approximate surface area is 125 Å². The number of hydrogen-bond acceptors (Lipinski definition) is 3. The Morgan fingerprint density at radius 2 is 2.00 bits per heavy atom. The van der Waals surface area contributed by atoms with E-state index in [2.05, 4.69) is 12.2 Å². The van der Waals surface area contributed by atoms with Crippen molar-refractivity contribution in [3.8, 4) is 0 Å². The number of thiophene rings is 1. The zero-order valence-corrected chi connectivity index (χ0v) is 11.9. The van der Waals surface area contributed by atoms with Crippen LogP contribution < -0.4 is 4.90 Å². The van der Waals surface area contributed by atoms with Gasteiger partial charge in [0.1, 0.15) is 6.04 Å². The van der Waals surface area contributed by atoms with Crippen LogP contribution in [0.2, 0.25) is 0 Å². The molecule has 1 aromatic heterocycles. The number of amides is 3. The van der Waals surface area contributed by atoms with Gasteiger partial charge >= 0.3 is 6.03 Å². The van der Waals surface area contributed by atoms with Crippen LogP contribution in [0.5, 0.6) is 0 Å². The monoisotopic (exact) mass is 296 g/mol. The average Bonchev–Trinajstić information content (AvgIpc) is 3.23. The highest BCUT2D eigenvalue weighted by atomic mass is 32.1. The summed E-state index contributed by atoms with van der Waals surface area (Å²) < 4.78 is 1.10. The summed E-state index contributed by atoms with van der Waals surface area (Å²) in [7, 11) is 0. The van der Waals surface area contributed by atoms with E-state index in [-0.39, 0.29) is 29.9 Å². The Balaban J connectivity index is 1.65. The third-order valence-corrected chi connectivity index (χ3v) is 5.69. The Morgan fingerprint density at radius 1 is 1.14 bits per heavy atom. The number of rotatable bonds is 1. The van der Waals surface area contributed by atoms with Crippen molar-refractivity contribution in [2.24, 2.45) is 5.92 Å². The molecule has 21 heavy (non-hydrogen) atoms. The molecule has 3 atom stereocenters. The molecule has 0 radical (unpaired) electrons. The molecule has 4 nitrogen and oxygen atoms in total. The second-order valence-electron chi connectivity index (χ2n) is 5.78. The van der Waals surface area contributed by atoms with Crippen molar-refractivity contribution >= 4 is 39.0 Å². The summed E-state index contributed by atoms with van der Waals surface area (Å²) in [5.74, 6) is 0.127. The van der Waals surface area contributed by atoms with E-state index >= 15 is 0 Å². The molecular formula is C16H12N2O2S. The molecule has 1 aromatic carbocycles. The largest absolute Gasteiger partial charge is 0.332 e. The van der Waals surface area contributed by atoms with E-state index < -0.39 is 0 Å². The number of carbonyl (C=O) groups is 2. The fraction of sp³-hybridized carbons (Fsp3) is 0.250. The van der Waals surface area contributed by atoms with Gasteiger partial charge in [-0.2, -0.15) is 0 Å². The van der Waals surface area contributed by atoms with Crippen LogP contribution in [-0.2, 0) is 4.79 Å². The van der Waals surface area contributed by atoms with Crippen LogP contribution in [0.1, 0.15) is 6.42 Å². The summed E-state index contributed by atoms with van der Waals surface area (Å²) in [6.07, 6.45) is 5.05. The van der Waals surface area contributed by atoms with Crippen molar-refractivity contribution in [2.45, 2.75) is 18.5 Å². The van der Waals surface area contributed by atoms with E-state index in [1.165, 1.54) is 4.90 Å². The number of imide groups is 1. The van der Waals surface area contributed by atoms with E-state index in [1.54, 1.807) is 16.2 Å². The van der Waals surface area contributed by atoms with Gasteiger partial charge in [-0.25, -0.2) is 9.69 Å². The van der Waals surface area contributed by atoms with Crippen LogP contribution in [0, 0.1) is 5.92 Å². The number of fused-ring (bicyclic) bond motifs is 6. The third-order valence-electron chi connectivity index (χ3n) is 4.74. The first-order valence-electron chi connectivity index (χ1n) is 7.06. The van der Waals surface area contributed by atoms with Gasteiger partial charge in [0, 0.05) is 21.4 Å². The van der Waals surface area contributed by atoms with Gasteiger partial charge in [-0.15, -0.1) is 11.3 Å². The molecule has 5 rings (SSSR count). The first-order chi connectivity index (χ1) is 10.3. The number of carbonyl (C=O) groups excluding carboxylic acids is 2. The molecule has 0 saturated carbocycles. The molecule has 2 fully saturated rings. The molecule has 3 heterocycles.